The lowest BCUT2D eigenvalue weighted by atomic mass is 9.88. The number of aryl methyl sites for hydroxylation is 1. The lowest BCUT2D eigenvalue weighted by Gasteiger charge is -2.27. The number of hydrogen-bond donors (Lipinski definition) is 4. The number of hydrogen-bond acceptors (Lipinski definition) is 5. The van der Waals surface area contributed by atoms with Crippen LogP contribution >= 0.6 is 11.6 Å². The van der Waals surface area contributed by atoms with E-state index >= 15 is 0 Å². The lowest BCUT2D eigenvalue weighted by molar-refractivity contribution is -0.139. The molecule has 0 radical (unpaired) electrons. The van der Waals surface area contributed by atoms with E-state index in [-0.39, 0.29) is 23.4 Å². The summed E-state index contributed by atoms with van der Waals surface area (Å²) in [7, 11) is 0. The van der Waals surface area contributed by atoms with Crippen molar-refractivity contribution in [1.82, 2.24) is 5.32 Å². The fraction of sp³-hybridized carbons (Fsp3) is 0.350. The molecular weight excluding hydrogens is 370 g/mol. The van der Waals surface area contributed by atoms with Crippen LogP contribution in [-0.2, 0) is 17.6 Å². The number of fused-ring (bicyclic) bond motifs is 1. The van der Waals surface area contributed by atoms with Gasteiger partial charge in [-0.2, -0.15) is 0 Å². The van der Waals surface area contributed by atoms with Gasteiger partial charge in [-0.25, -0.2) is 4.79 Å². The first-order valence-electron chi connectivity index (χ1n) is 8.78. The summed E-state index contributed by atoms with van der Waals surface area (Å²) in [4.78, 5) is 10.6. The average Bonchev–Trinajstić information content (AvgIpc) is 2.66. The summed E-state index contributed by atoms with van der Waals surface area (Å²) in [6.45, 7) is 0.0121. The Balaban J connectivity index is 1.57. The number of aromatic hydroxyl groups is 1. The highest BCUT2D eigenvalue weighted by molar-refractivity contribution is 6.32. The molecule has 6 nitrogen and oxygen atoms in total. The fourth-order valence-electron chi connectivity index (χ4n) is 3.27. The van der Waals surface area contributed by atoms with E-state index in [1.54, 1.807) is 18.2 Å². The van der Waals surface area contributed by atoms with Crippen LogP contribution in [0.1, 0.15) is 29.2 Å². The first kappa shape index (κ1) is 19.5. The van der Waals surface area contributed by atoms with Crippen molar-refractivity contribution in [1.29, 1.82) is 0 Å². The predicted octanol–water partition coefficient (Wildman–Crippen LogP) is 2.69. The average molecular weight is 392 g/mol. The minimum absolute atomic E-state index is 0.00890. The second kappa shape index (κ2) is 8.61. The van der Waals surface area contributed by atoms with E-state index in [2.05, 4.69) is 5.32 Å². The highest BCUT2D eigenvalue weighted by Crippen LogP contribution is 2.28. The Hall–Kier alpha value is -2.28. The molecule has 0 heterocycles. The second-order valence-electron chi connectivity index (χ2n) is 6.69. The Labute approximate surface area is 162 Å². The highest BCUT2D eigenvalue weighted by Gasteiger charge is 2.20. The quantitative estimate of drug-likeness (QED) is 0.579. The summed E-state index contributed by atoms with van der Waals surface area (Å²) in [5.41, 5.74) is 3.01. The largest absolute Gasteiger partial charge is 0.506 e. The van der Waals surface area contributed by atoms with Crippen molar-refractivity contribution in [3.63, 3.8) is 0 Å². The number of aliphatic carboxylic acids is 1. The molecular formula is C20H22ClNO5. The van der Waals surface area contributed by atoms with Crippen LogP contribution in [0.25, 0.3) is 0 Å². The third-order valence-corrected chi connectivity index (χ3v) is 5.03. The van der Waals surface area contributed by atoms with E-state index in [4.69, 9.17) is 21.4 Å². The zero-order valence-corrected chi connectivity index (χ0v) is 15.4. The Morgan fingerprint density at radius 1 is 1.26 bits per heavy atom. The molecule has 27 heavy (non-hydrogen) atoms. The monoisotopic (exact) mass is 391 g/mol. The zero-order valence-electron chi connectivity index (χ0n) is 14.7. The third-order valence-electron chi connectivity index (χ3n) is 4.72. The second-order valence-corrected chi connectivity index (χ2v) is 7.09. The molecule has 7 heteroatoms. The molecule has 4 N–H and O–H groups in total. The molecule has 0 aromatic heterocycles. The summed E-state index contributed by atoms with van der Waals surface area (Å²) in [6.07, 6.45) is 1.91. The number of carboxylic acid groups (broad SMARTS) is 1. The molecule has 0 fully saturated rings. The minimum Gasteiger partial charge on any atom is -0.506 e. The summed E-state index contributed by atoms with van der Waals surface area (Å²) >= 11 is 5.89. The van der Waals surface area contributed by atoms with E-state index in [1.807, 2.05) is 12.1 Å². The summed E-state index contributed by atoms with van der Waals surface area (Å²) in [5, 5.41) is 32.1. The van der Waals surface area contributed by atoms with Gasteiger partial charge < -0.3 is 25.4 Å². The van der Waals surface area contributed by atoms with Crippen molar-refractivity contribution in [2.24, 2.45) is 0 Å². The molecule has 0 saturated heterocycles. The molecule has 0 spiro atoms. The normalized spacial score (nSPS) is 17.2. The van der Waals surface area contributed by atoms with Crippen LogP contribution in [0.2, 0.25) is 5.02 Å². The molecule has 1 aliphatic carbocycles. The van der Waals surface area contributed by atoms with Crippen LogP contribution in [-0.4, -0.2) is 40.5 Å². The highest BCUT2D eigenvalue weighted by atomic mass is 35.5. The number of carboxylic acids is 1. The molecule has 2 aromatic carbocycles. The Morgan fingerprint density at radius 2 is 2.07 bits per heavy atom. The first-order chi connectivity index (χ1) is 12.9. The molecule has 0 aliphatic heterocycles. The van der Waals surface area contributed by atoms with Gasteiger partial charge in [-0.05, 0) is 60.2 Å². The van der Waals surface area contributed by atoms with Crippen LogP contribution in [0.4, 0.5) is 0 Å². The molecule has 1 aliphatic rings. The SMILES string of the molecule is O=C(O)COc1ccc2c(c1)C[C@@H](NCC(O)c1ccc(O)c(Cl)c1)CC2. The van der Waals surface area contributed by atoms with Crippen LogP contribution in [0.5, 0.6) is 11.5 Å². The molecule has 2 atom stereocenters. The summed E-state index contributed by atoms with van der Waals surface area (Å²) in [6, 6.07) is 10.6. The molecule has 1 unspecified atom stereocenters. The molecule has 0 bridgehead atoms. The number of aliphatic hydroxyl groups is 1. The minimum atomic E-state index is -1.00. The van der Waals surface area contributed by atoms with Crippen LogP contribution in [0.15, 0.2) is 36.4 Å². The van der Waals surface area contributed by atoms with Gasteiger partial charge in [0.05, 0.1) is 11.1 Å². The third kappa shape index (κ3) is 5.13. The van der Waals surface area contributed by atoms with Crippen molar-refractivity contribution in [2.75, 3.05) is 13.2 Å². The van der Waals surface area contributed by atoms with Gasteiger partial charge in [0.15, 0.2) is 6.61 Å². The number of rotatable bonds is 7. The van der Waals surface area contributed by atoms with E-state index in [0.29, 0.717) is 17.9 Å². The standard InChI is InChI=1S/C20H22ClNO5/c21-17-9-13(3-6-18(17)23)19(24)10-22-15-4-1-12-2-5-16(8-14(12)7-15)27-11-20(25)26/h2-3,5-6,8-9,15,19,22-24H,1,4,7,10-11H2,(H,25,26)/t15-,19?/m0/s1. The number of ether oxygens (including phenoxy) is 1. The van der Waals surface area contributed by atoms with Gasteiger partial charge in [0.25, 0.3) is 0 Å². The molecule has 3 rings (SSSR count). The van der Waals surface area contributed by atoms with Gasteiger partial charge >= 0.3 is 5.97 Å². The van der Waals surface area contributed by atoms with Gasteiger partial charge in [-0.15, -0.1) is 0 Å². The number of carbonyl (C=O) groups is 1. The topological polar surface area (TPSA) is 99.0 Å². The first-order valence-corrected chi connectivity index (χ1v) is 9.16. The van der Waals surface area contributed by atoms with Gasteiger partial charge in [0.1, 0.15) is 11.5 Å². The van der Waals surface area contributed by atoms with Crippen molar-refractivity contribution >= 4 is 17.6 Å². The van der Waals surface area contributed by atoms with Gasteiger partial charge in [0.2, 0.25) is 0 Å². The van der Waals surface area contributed by atoms with Crippen molar-refractivity contribution in [3.8, 4) is 11.5 Å². The maximum atomic E-state index is 10.6. The summed E-state index contributed by atoms with van der Waals surface area (Å²) < 4.78 is 5.25. The number of aliphatic hydroxyl groups excluding tert-OH is 1. The van der Waals surface area contributed by atoms with E-state index in [1.165, 1.54) is 11.6 Å². The number of nitrogens with one attached hydrogen (secondary N) is 1. The van der Waals surface area contributed by atoms with E-state index in [0.717, 1.165) is 24.8 Å². The van der Waals surface area contributed by atoms with E-state index in [9.17, 15) is 15.0 Å². The van der Waals surface area contributed by atoms with Gasteiger partial charge in [-0.3, -0.25) is 0 Å². The smallest absolute Gasteiger partial charge is 0.341 e. The fourth-order valence-corrected chi connectivity index (χ4v) is 3.46. The number of phenolic OH excluding ortho intramolecular Hbond substituents is 1. The lowest BCUT2D eigenvalue weighted by Crippen LogP contribution is -2.37. The van der Waals surface area contributed by atoms with Crippen LogP contribution < -0.4 is 10.1 Å². The van der Waals surface area contributed by atoms with Crippen molar-refractivity contribution < 1.29 is 24.9 Å². The van der Waals surface area contributed by atoms with Crippen molar-refractivity contribution in [2.45, 2.75) is 31.4 Å². The molecule has 0 amide bonds. The zero-order chi connectivity index (χ0) is 19.4. The Bertz CT molecular complexity index is 826. The Kier molecular flexibility index (Phi) is 6.21. The maximum absolute atomic E-state index is 10.6. The molecule has 144 valence electrons. The molecule has 2 aromatic rings. The van der Waals surface area contributed by atoms with E-state index < -0.39 is 12.1 Å². The van der Waals surface area contributed by atoms with Crippen LogP contribution in [0, 0.1) is 0 Å². The Morgan fingerprint density at radius 3 is 2.81 bits per heavy atom. The predicted molar refractivity (Wildman–Crippen MR) is 101 cm³/mol. The number of benzene rings is 2. The number of halogens is 1. The van der Waals surface area contributed by atoms with Crippen LogP contribution in [0.3, 0.4) is 0 Å². The van der Waals surface area contributed by atoms with Gasteiger partial charge in [-0.1, -0.05) is 23.7 Å². The maximum Gasteiger partial charge on any atom is 0.341 e. The summed E-state index contributed by atoms with van der Waals surface area (Å²) in [5.74, 6) is -0.462. The van der Waals surface area contributed by atoms with Gasteiger partial charge in [0, 0.05) is 12.6 Å². The molecule has 0 saturated carbocycles. The number of phenols is 1. The van der Waals surface area contributed by atoms with Crippen molar-refractivity contribution in [3.05, 3.63) is 58.1 Å².